The van der Waals surface area contributed by atoms with Crippen LogP contribution in [-0.4, -0.2) is 43.3 Å². The lowest BCUT2D eigenvalue weighted by Crippen LogP contribution is -2.31. The maximum absolute atomic E-state index is 12.8. The number of carbonyl (C=O) groups is 2. The van der Waals surface area contributed by atoms with Crippen LogP contribution in [0.4, 0.5) is 16.4 Å². The zero-order chi connectivity index (χ0) is 27.4. The van der Waals surface area contributed by atoms with Crippen molar-refractivity contribution in [1.82, 2.24) is 24.3 Å². The van der Waals surface area contributed by atoms with E-state index in [9.17, 15) is 9.59 Å². The number of hydrogen-bond acceptors (Lipinski definition) is 7. The van der Waals surface area contributed by atoms with Crippen molar-refractivity contribution in [2.24, 2.45) is 0 Å². The molecule has 3 heterocycles. The number of carbonyl (C=O) groups excluding carboxylic acids is 2. The minimum atomic E-state index is -0.477. The molecule has 0 saturated heterocycles. The lowest BCUT2D eigenvalue weighted by Gasteiger charge is -2.23. The van der Waals surface area contributed by atoms with Gasteiger partial charge in [0.2, 0.25) is 0 Å². The molecule has 0 radical (unpaired) electrons. The van der Waals surface area contributed by atoms with Crippen LogP contribution in [0.2, 0.25) is 0 Å². The van der Waals surface area contributed by atoms with Gasteiger partial charge in [0, 0.05) is 36.8 Å². The van der Waals surface area contributed by atoms with E-state index < -0.39 is 12.1 Å². The normalized spacial score (nSPS) is 11.6. The van der Waals surface area contributed by atoms with Crippen molar-refractivity contribution in [3.63, 3.8) is 0 Å². The Kier molecular flexibility index (Phi) is 7.17. The second kappa shape index (κ2) is 11.0. The number of rotatable bonds is 7. The highest BCUT2D eigenvalue weighted by Crippen LogP contribution is 2.31. The van der Waals surface area contributed by atoms with E-state index in [1.807, 2.05) is 41.7 Å². The third-order valence-electron chi connectivity index (χ3n) is 6.39. The molecule has 3 aromatic heterocycles. The van der Waals surface area contributed by atoms with Gasteiger partial charge in [-0.3, -0.25) is 9.20 Å². The number of nitrogens with one attached hydrogen (secondary N) is 1. The Morgan fingerprint density at radius 3 is 2.46 bits per heavy atom. The minimum absolute atomic E-state index is 0.168. The SMILES string of the molecule is C[C@@H](c1nc(-c2ccc(C(=O)Nc3ccccn3)cc2)c2c(N)nccn12)N(C)C(=O)OCc1ccccc1. The Morgan fingerprint density at radius 1 is 1.00 bits per heavy atom. The van der Waals surface area contributed by atoms with Crippen LogP contribution in [0.3, 0.4) is 0 Å². The Morgan fingerprint density at radius 2 is 1.74 bits per heavy atom. The standard InChI is InChI=1S/C29H27N7O3/c1-19(35(2)29(38)39-18-20-8-4-3-5-9-20)27-34-24(25-26(30)32-16-17-36(25)27)21-11-13-22(14-12-21)28(37)33-23-10-6-7-15-31-23/h3-17,19H,18H2,1-2H3,(H2,30,32)(H,31,33,37)/t19-/m0/s1. The van der Waals surface area contributed by atoms with Gasteiger partial charge in [-0.1, -0.05) is 48.5 Å². The van der Waals surface area contributed by atoms with Gasteiger partial charge in [0.05, 0.1) is 6.04 Å². The molecule has 10 nitrogen and oxygen atoms in total. The van der Waals surface area contributed by atoms with Crippen molar-refractivity contribution in [1.29, 1.82) is 0 Å². The molecule has 0 spiro atoms. The van der Waals surface area contributed by atoms with Crippen LogP contribution in [0.5, 0.6) is 0 Å². The summed E-state index contributed by atoms with van der Waals surface area (Å²) >= 11 is 0. The highest BCUT2D eigenvalue weighted by atomic mass is 16.6. The summed E-state index contributed by atoms with van der Waals surface area (Å²) in [6.07, 6.45) is 4.48. The highest BCUT2D eigenvalue weighted by molar-refractivity contribution is 6.04. The third kappa shape index (κ3) is 5.40. The molecule has 1 atom stereocenters. The van der Waals surface area contributed by atoms with Crippen molar-refractivity contribution >= 4 is 29.2 Å². The molecule has 0 saturated carbocycles. The summed E-state index contributed by atoms with van der Waals surface area (Å²) in [5, 5.41) is 2.77. The second-order valence-corrected chi connectivity index (χ2v) is 8.92. The van der Waals surface area contributed by atoms with Crippen LogP contribution in [0.15, 0.2) is 91.4 Å². The molecule has 5 aromatic rings. The first kappa shape index (κ1) is 25.4. The van der Waals surface area contributed by atoms with Gasteiger partial charge in [-0.15, -0.1) is 0 Å². The van der Waals surface area contributed by atoms with E-state index in [2.05, 4.69) is 15.3 Å². The molecular weight excluding hydrogens is 494 g/mol. The number of anilines is 2. The van der Waals surface area contributed by atoms with Gasteiger partial charge in [0.25, 0.3) is 5.91 Å². The molecule has 0 bridgehead atoms. The predicted molar refractivity (Wildman–Crippen MR) is 148 cm³/mol. The summed E-state index contributed by atoms with van der Waals surface area (Å²) in [5.74, 6) is 1.08. The van der Waals surface area contributed by atoms with Crippen LogP contribution in [0.1, 0.15) is 34.7 Å². The number of nitrogens with zero attached hydrogens (tertiary/aromatic N) is 5. The lowest BCUT2D eigenvalue weighted by atomic mass is 10.1. The predicted octanol–water partition coefficient (Wildman–Crippen LogP) is 4.96. The topological polar surface area (TPSA) is 128 Å². The van der Waals surface area contributed by atoms with E-state index in [4.69, 9.17) is 15.5 Å². The number of fused-ring (bicyclic) bond motifs is 1. The largest absolute Gasteiger partial charge is 0.445 e. The quantitative estimate of drug-likeness (QED) is 0.310. The Balaban J connectivity index is 1.39. The fraction of sp³-hybridized carbons (Fsp3) is 0.138. The highest BCUT2D eigenvalue weighted by Gasteiger charge is 2.26. The van der Waals surface area contributed by atoms with Crippen molar-refractivity contribution in [3.8, 4) is 11.3 Å². The number of nitrogens with two attached hydrogens (primary N) is 1. The Labute approximate surface area is 225 Å². The number of pyridine rings is 1. The maximum atomic E-state index is 12.8. The number of benzene rings is 2. The van der Waals surface area contributed by atoms with Crippen molar-refractivity contribution in [3.05, 3.63) is 108 Å². The number of ether oxygens (including phenoxy) is 1. The molecule has 3 N–H and O–H groups in total. The van der Waals surface area contributed by atoms with Gasteiger partial charge < -0.3 is 20.7 Å². The fourth-order valence-corrected chi connectivity index (χ4v) is 4.14. The monoisotopic (exact) mass is 521 g/mol. The summed E-state index contributed by atoms with van der Waals surface area (Å²) in [6.45, 7) is 2.03. The summed E-state index contributed by atoms with van der Waals surface area (Å²) < 4.78 is 7.33. The Hall–Kier alpha value is -5.25. The van der Waals surface area contributed by atoms with E-state index in [0.29, 0.717) is 34.2 Å². The van der Waals surface area contributed by atoms with Crippen molar-refractivity contribution in [2.75, 3.05) is 18.1 Å². The molecule has 196 valence electrons. The molecule has 5 rings (SSSR count). The van der Waals surface area contributed by atoms with Gasteiger partial charge in [-0.05, 0) is 36.8 Å². The Bertz CT molecular complexity index is 1600. The van der Waals surface area contributed by atoms with Crippen molar-refractivity contribution in [2.45, 2.75) is 19.6 Å². The molecule has 0 aliphatic heterocycles. The van der Waals surface area contributed by atoms with Crippen LogP contribution >= 0.6 is 0 Å². The average Bonchev–Trinajstić information content (AvgIpc) is 3.37. The minimum Gasteiger partial charge on any atom is -0.445 e. The smallest absolute Gasteiger partial charge is 0.410 e. The van der Waals surface area contributed by atoms with Gasteiger partial charge in [0.15, 0.2) is 0 Å². The summed E-state index contributed by atoms with van der Waals surface area (Å²) in [7, 11) is 1.66. The van der Waals surface area contributed by atoms with Gasteiger partial charge >= 0.3 is 6.09 Å². The average molecular weight is 522 g/mol. The molecule has 0 unspecified atom stereocenters. The van der Waals surface area contributed by atoms with Gasteiger partial charge in [-0.25, -0.2) is 19.7 Å². The van der Waals surface area contributed by atoms with Crippen LogP contribution in [-0.2, 0) is 11.3 Å². The van der Waals surface area contributed by atoms with E-state index >= 15 is 0 Å². The third-order valence-corrected chi connectivity index (χ3v) is 6.39. The summed E-state index contributed by atoms with van der Waals surface area (Å²) in [4.78, 5) is 40.2. The fourth-order valence-electron chi connectivity index (χ4n) is 4.14. The lowest BCUT2D eigenvalue weighted by molar-refractivity contribution is 0.0920. The zero-order valence-electron chi connectivity index (χ0n) is 21.5. The zero-order valence-corrected chi connectivity index (χ0v) is 21.5. The molecule has 0 aliphatic rings. The first-order valence-electron chi connectivity index (χ1n) is 12.3. The molecule has 2 amide bonds. The number of nitrogen functional groups attached to an aromatic ring is 1. The molecule has 10 heteroatoms. The molecule has 39 heavy (non-hydrogen) atoms. The second-order valence-electron chi connectivity index (χ2n) is 8.92. The van der Waals surface area contributed by atoms with Crippen LogP contribution < -0.4 is 11.1 Å². The number of aromatic nitrogens is 4. The molecular formula is C29H27N7O3. The molecule has 0 aliphatic carbocycles. The first-order chi connectivity index (χ1) is 18.9. The summed E-state index contributed by atoms with van der Waals surface area (Å²) in [5.41, 5.74) is 9.58. The molecule has 2 aromatic carbocycles. The number of imidazole rings is 1. The first-order valence-corrected chi connectivity index (χ1v) is 12.3. The van der Waals surface area contributed by atoms with E-state index in [1.54, 1.807) is 68.1 Å². The van der Waals surface area contributed by atoms with Gasteiger partial charge in [0.1, 0.15) is 35.3 Å². The maximum Gasteiger partial charge on any atom is 0.410 e. The number of hydrogen-bond donors (Lipinski definition) is 2. The van der Waals surface area contributed by atoms with E-state index in [0.717, 1.165) is 11.1 Å². The van der Waals surface area contributed by atoms with Crippen LogP contribution in [0.25, 0.3) is 16.8 Å². The number of amides is 2. The summed E-state index contributed by atoms with van der Waals surface area (Å²) in [6, 6.07) is 21.4. The van der Waals surface area contributed by atoms with E-state index in [1.165, 1.54) is 4.90 Å². The van der Waals surface area contributed by atoms with Crippen LogP contribution in [0, 0.1) is 0 Å². The molecule has 0 fully saturated rings. The van der Waals surface area contributed by atoms with E-state index in [-0.39, 0.29) is 12.5 Å². The van der Waals surface area contributed by atoms with Gasteiger partial charge in [-0.2, -0.15) is 0 Å². The van der Waals surface area contributed by atoms with Crippen molar-refractivity contribution < 1.29 is 14.3 Å².